The molecule has 0 saturated carbocycles. The van der Waals surface area contributed by atoms with Crippen molar-refractivity contribution in [3.05, 3.63) is 355 Å². The number of carboxylic acids is 1. The van der Waals surface area contributed by atoms with Gasteiger partial charge in [-0.05, 0) is 203 Å². The van der Waals surface area contributed by atoms with Crippen molar-refractivity contribution in [3.63, 3.8) is 0 Å². The third kappa shape index (κ3) is 16.1. The van der Waals surface area contributed by atoms with Gasteiger partial charge in [0.15, 0.2) is 0 Å². The Morgan fingerprint density at radius 3 is 1.09 bits per heavy atom. The van der Waals surface area contributed by atoms with Crippen LogP contribution in [-0.4, -0.2) is 93.1 Å². The highest BCUT2D eigenvalue weighted by atomic mass is 19.1. The Labute approximate surface area is 620 Å². The molecular formula is C88H72F3N9O8. The number of aliphatic imine (C=N–C) groups is 3. The van der Waals surface area contributed by atoms with Crippen molar-refractivity contribution in [2.45, 2.75) is 58.5 Å². The number of carbonyl (C=O) groups excluding carboxylic acids is 6. The Hall–Kier alpha value is -13.2. The van der Waals surface area contributed by atoms with Gasteiger partial charge in [-0.3, -0.25) is 53.5 Å². The number of carbonyl (C=O) groups is 7. The van der Waals surface area contributed by atoms with Gasteiger partial charge in [0.05, 0.1) is 66.1 Å². The molecule has 6 amide bonds. The lowest BCUT2D eigenvalue weighted by Gasteiger charge is -2.24. The standard InChI is InChI=1S/C32H24FN3O3.C24H22FN3O.C16H13FN2O2.C16H13NO2/c1-19-28-16-21(12-13-24(28)17-34-19)20-6-4-8-23(14-20)30(37)35-29(22-7-5-9-25(33)15-22)18-36-31(38)26-10-2-3-11-27(26)32(36)39;1-15-22-12-17(8-9-20(22)14-27-15)16-4-2-6-19(10-16)24(29)28-23(13-26)18-5-3-7-21(25)11-18;17-11-5-3-4-10(8-11)14(18)9-19-15(20)12-6-1-2-7-13(12)16(19)21;1-10-15-8-12(5-6-14(15)9-17-10)11-3-2-4-13(7-11)16(18)19/h2-16,29H,17-18H2,1H3,(H,35,37);2-12,23H,13-14,26H2,1H3,(H,28,29);1-8,14H,9,18H2;2-8H,9H2,1H3,(H,18,19). The molecule has 3 unspecified atom stereocenters. The number of amides is 6. The molecule has 11 aromatic rings. The fraction of sp³-hybridized carbons (Fsp3) is 0.136. The minimum atomic E-state index is -0.902. The van der Waals surface area contributed by atoms with Gasteiger partial charge in [-0.15, -0.1) is 0 Å². The van der Waals surface area contributed by atoms with Crippen LogP contribution >= 0.6 is 0 Å². The van der Waals surface area contributed by atoms with Crippen LogP contribution in [0.2, 0.25) is 0 Å². The summed E-state index contributed by atoms with van der Waals surface area (Å²) in [6.45, 7) is 8.22. The van der Waals surface area contributed by atoms with Crippen LogP contribution in [-0.2, 0) is 19.6 Å². The van der Waals surface area contributed by atoms with Gasteiger partial charge < -0.3 is 27.2 Å². The maximum Gasteiger partial charge on any atom is 0.335 e. The first kappa shape index (κ1) is 73.2. The average molecular weight is 1440 g/mol. The minimum Gasteiger partial charge on any atom is -0.478 e. The zero-order chi connectivity index (χ0) is 75.9. The number of benzene rings is 11. The van der Waals surface area contributed by atoms with Crippen molar-refractivity contribution in [3.8, 4) is 33.4 Å². The van der Waals surface area contributed by atoms with E-state index in [0.29, 0.717) is 62.2 Å². The van der Waals surface area contributed by atoms with E-state index in [9.17, 15) is 46.7 Å². The van der Waals surface area contributed by atoms with Crippen molar-refractivity contribution >= 4 is 58.5 Å². The van der Waals surface area contributed by atoms with Gasteiger partial charge in [-0.1, -0.05) is 133 Å². The van der Waals surface area contributed by atoms with Crippen LogP contribution < -0.4 is 22.1 Å². The molecule has 0 fully saturated rings. The second-order valence-corrected chi connectivity index (χ2v) is 26.5. The molecule has 0 aromatic heterocycles. The number of aromatic carboxylic acids is 1. The van der Waals surface area contributed by atoms with Crippen molar-refractivity contribution in [2.75, 3.05) is 19.6 Å². The molecule has 0 spiro atoms. The molecule has 538 valence electrons. The predicted octanol–water partition coefficient (Wildman–Crippen LogP) is 15.3. The average Bonchev–Trinajstić information content (AvgIpc) is 1.63. The number of hydrogen-bond acceptors (Lipinski definition) is 12. The summed E-state index contributed by atoms with van der Waals surface area (Å²) in [6.07, 6.45) is 0. The molecule has 5 aliphatic rings. The third-order valence-corrected chi connectivity index (χ3v) is 19.4. The largest absolute Gasteiger partial charge is 0.478 e. The molecule has 5 heterocycles. The summed E-state index contributed by atoms with van der Waals surface area (Å²) in [5.74, 6) is -4.38. The van der Waals surface area contributed by atoms with Gasteiger partial charge in [-0.2, -0.15) is 0 Å². The quantitative estimate of drug-likeness (QED) is 0.0571. The Morgan fingerprint density at radius 1 is 0.389 bits per heavy atom. The van der Waals surface area contributed by atoms with E-state index in [2.05, 4.69) is 68.1 Å². The maximum atomic E-state index is 14.2. The van der Waals surface area contributed by atoms with Crippen LogP contribution in [0.3, 0.4) is 0 Å². The van der Waals surface area contributed by atoms with Crippen LogP contribution in [0.15, 0.2) is 264 Å². The topological polar surface area (TPSA) is 259 Å². The molecule has 17 nitrogen and oxygen atoms in total. The summed E-state index contributed by atoms with van der Waals surface area (Å²) in [5, 5.41) is 14.9. The minimum absolute atomic E-state index is 0.0236. The van der Waals surface area contributed by atoms with Crippen molar-refractivity contribution < 1.29 is 51.8 Å². The van der Waals surface area contributed by atoms with Crippen LogP contribution in [0.4, 0.5) is 13.2 Å². The molecule has 7 N–H and O–H groups in total. The lowest BCUT2D eigenvalue weighted by Crippen LogP contribution is -2.40. The molecule has 5 aliphatic heterocycles. The van der Waals surface area contributed by atoms with Crippen LogP contribution in [0.5, 0.6) is 0 Å². The smallest absolute Gasteiger partial charge is 0.335 e. The number of rotatable bonds is 16. The molecular weight excluding hydrogens is 1370 g/mol. The summed E-state index contributed by atoms with van der Waals surface area (Å²) >= 11 is 0. The molecule has 108 heavy (non-hydrogen) atoms. The van der Waals surface area contributed by atoms with Gasteiger partial charge in [-0.25, -0.2) is 18.0 Å². The molecule has 0 bridgehead atoms. The second kappa shape index (κ2) is 32.1. The zero-order valence-electron chi connectivity index (χ0n) is 59.0. The first-order valence-corrected chi connectivity index (χ1v) is 34.9. The van der Waals surface area contributed by atoms with E-state index in [4.69, 9.17) is 16.6 Å². The second-order valence-electron chi connectivity index (χ2n) is 26.5. The number of carboxylic acid groups (broad SMARTS) is 1. The monoisotopic (exact) mass is 1440 g/mol. The highest BCUT2D eigenvalue weighted by Crippen LogP contribution is 2.33. The summed E-state index contributed by atoms with van der Waals surface area (Å²) in [5.41, 5.74) is 32.0. The fourth-order valence-electron chi connectivity index (χ4n) is 13.5. The number of fused-ring (bicyclic) bond motifs is 5. The van der Waals surface area contributed by atoms with Gasteiger partial charge in [0.1, 0.15) is 17.5 Å². The Morgan fingerprint density at radius 2 is 0.713 bits per heavy atom. The SMILES string of the molecule is CC1=NCc2ccc(-c3cccc(C(=O)NC(CN)c4cccc(F)c4)c3)cc21.CC1=NCc2ccc(-c3cccc(C(=O)NC(CN4C(=O)c5ccccc5C4=O)c4cccc(F)c4)c3)cc21.CC1=NCc2ccc(-c3cccc(C(=O)O)c3)cc21.NC(CN1C(=O)c2ccccc2C1=O)c1cccc(F)c1. The van der Waals surface area contributed by atoms with E-state index in [-0.39, 0.29) is 43.2 Å². The Bertz CT molecular complexity index is 5470. The van der Waals surface area contributed by atoms with Crippen LogP contribution in [0.25, 0.3) is 33.4 Å². The van der Waals surface area contributed by atoms with Crippen molar-refractivity contribution in [1.82, 2.24) is 20.4 Å². The molecule has 0 radical (unpaired) electrons. The molecule has 0 saturated heterocycles. The maximum absolute atomic E-state index is 14.2. The van der Waals surface area contributed by atoms with Gasteiger partial charge in [0.2, 0.25) is 0 Å². The first-order valence-electron chi connectivity index (χ1n) is 34.9. The number of halogens is 3. The van der Waals surface area contributed by atoms with Crippen molar-refractivity contribution in [1.29, 1.82) is 0 Å². The molecule has 16 rings (SSSR count). The van der Waals surface area contributed by atoms with Gasteiger partial charge >= 0.3 is 5.97 Å². The zero-order valence-corrected chi connectivity index (χ0v) is 59.0. The first-order chi connectivity index (χ1) is 52.2. The number of imide groups is 2. The van der Waals surface area contributed by atoms with Crippen molar-refractivity contribution in [2.24, 2.45) is 26.4 Å². The van der Waals surface area contributed by atoms with Gasteiger partial charge in [0.25, 0.3) is 35.4 Å². The Kier molecular flexibility index (Phi) is 21.7. The summed E-state index contributed by atoms with van der Waals surface area (Å²) in [4.78, 5) is 103. The predicted molar refractivity (Wildman–Crippen MR) is 410 cm³/mol. The van der Waals surface area contributed by atoms with E-state index in [1.54, 1.807) is 121 Å². The van der Waals surface area contributed by atoms with E-state index >= 15 is 0 Å². The van der Waals surface area contributed by atoms with E-state index in [1.165, 1.54) is 64.7 Å². The number of hydrogen-bond donors (Lipinski definition) is 5. The normalized spacial score (nSPS) is 14.2. The summed E-state index contributed by atoms with van der Waals surface area (Å²) < 4.78 is 40.9. The van der Waals surface area contributed by atoms with E-state index in [0.717, 1.165) is 84.5 Å². The van der Waals surface area contributed by atoms with Crippen LogP contribution in [0.1, 0.15) is 161 Å². The number of nitrogens with zero attached hydrogens (tertiary/aromatic N) is 5. The molecule has 0 aliphatic carbocycles. The third-order valence-electron chi connectivity index (χ3n) is 19.4. The summed E-state index contributed by atoms with van der Waals surface area (Å²) in [7, 11) is 0. The Balaban J connectivity index is 0.000000132. The van der Waals surface area contributed by atoms with E-state index in [1.807, 2.05) is 63.2 Å². The van der Waals surface area contributed by atoms with Crippen LogP contribution in [0, 0.1) is 17.5 Å². The lowest BCUT2D eigenvalue weighted by atomic mass is 9.97. The van der Waals surface area contributed by atoms with E-state index < -0.39 is 53.5 Å². The van der Waals surface area contributed by atoms with Gasteiger partial charge in [0, 0.05) is 64.1 Å². The fourth-order valence-corrected chi connectivity index (χ4v) is 13.5. The number of nitrogens with two attached hydrogens (primary N) is 2. The molecule has 20 heteroatoms. The number of nitrogens with one attached hydrogen (secondary N) is 2. The highest BCUT2D eigenvalue weighted by molar-refractivity contribution is 6.22. The summed E-state index contributed by atoms with van der Waals surface area (Å²) in [6, 6.07) is 69.4. The molecule has 11 aromatic carbocycles. The molecule has 3 atom stereocenters. The lowest BCUT2D eigenvalue weighted by molar-refractivity contribution is 0.0621. The highest BCUT2D eigenvalue weighted by Gasteiger charge is 2.38.